The van der Waals surface area contributed by atoms with Gasteiger partial charge in [0, 0.05) is 24.8 Å². The second-order valence-corrected chi connectivity index (χ2v) is 6.49. The van der Waals surface area contributed by atoms with Gasteiger partial charge in [0.1, 0.15) is 0 Å². The number of amides is 1. The van der Waals surface area contributed by atoms with Crippen molar-refractivity contribution in [3.8, 4) is 0 Å². The molecule has 0 radical (unpaired) electrons. The van der Waals surface area contributed by atoms with Crippen LogP contribution in [0.5, 0.6) is 0 Å². The van der Waals surface area contributed by atoms with E-state index in [0.29, 0.717) is 17.7 Å². The van der Waals surface area contributed by atoms with Crippen molar-refractivity contribution in [2.75, 3.05) is 12.4 Å². The number of ether oxygens (including phenoxy) is 1. The zero-order chi connectivity index (χ0) is 15.9. The van der Waals surface area contributed by atoms with Gasteiger partial charge >= 0.3 is 5.97 Å². The van der Waals surface area contributed by atoms with E-state index in [4.69, 9.17) is 9.84 Å². The summed E-state index contributed by atoms with van der Waals surface area (Å²) in [7, 11) is 1.19. The van der Waals surface area contributed by atoms with E-state index >= 15 is 0 Å². The molecule has 2 saturated carbocycles. The number of aromatic nitrogens is 2. The molecule has 1 aromatic rings. The van der Waals surface area contributed by atoms with Crippen LogP contribution >= 0.6 is 0 Å². The Balaban J connectivity index is 1.69. The smallest absolute Gasteiger partial charge is 0.345 e. The highest BCUT2D eigenvalue weighted by atomic mass is 16.5. The molecule has 0 aromatic carbocycles. The summed E-state index contributed by atoms with van der Waals surface area (Å²) >= 11 is 0. The minimum absolute atomic E-state index is 0.340. The van der Waals surface area contributed by atoms with Gasteiger partial charge in [-0.25, -0.2) is 4.79 Å². The van der Waals surface area contributed by atoms with Gasteiger partial charge in [0.25, 0.3) is 5.91 Å². The molecule has 2 aliphatic rings. The lowest BCUT2D eigenvalue weighted by atomic mass is 9.86. The number of methoxy groups -OCH3 is 1. The van der Waals surface area contributed by atoms with Crippen LogP contribution in [0.25, 0.3) is 0 Å². The molecular formula is C15H21N3O4. The van der Waals surface area contributed by atoms with Crippen molar-refractivity contribution in [3.05, 3.63) is 11.8 Å². The van der Waals surface area contributed by atoms with Gasteiger partial charge in [-0.15, -0.1) is 0 Å². The molecule has 1 amide bonds. The van der Waals surface area contributed by atoms with Crippen molar-refractivity contribution in [3.63, 3.8) is 0 Å². The van der Waals surface area contributed by atoms with Crippen molar-refractivity contribution in [2.45, 2.75) is 44.1 Å². The number of nitrogens with one attached hydrogen (secondary N) is 2. The Morgan fingerprint density at radius 2 is 2.23 bits per heavy atom. The molecule has 4 atom stereocenters. The van der Waals surface area contributed by atoms with Crippen molar-refractivity contribution in [1.82, 2.24) is 10.2 Å². The second-order valence-electron chi connectivity index (χ2n) is 6.49. The number of carboxylic acid groups (broad SMARTS) is 1. The quantitative estimate of drug-likeness (QED) is 0.719. The lowest BCUT2D eigenvalue weighted by Gasteiger charge is -2.21. The molecule has 0 aliphatic heterocycles. The van der Waals surface area contributed by atoms with Gasteiger partial charge < -0.3 is 15.2 Å². The number of carbonyl (C=O) groups is 2. The standard InChI is InChI=1S/C15H21N3O4/c1-15(22-2,14(20)21)13(19)16-12-7-11(17-18-12)10-6-8-3-4-9(10)5-8/h7-10H,3-6H2,1-2H3,(H,20,21)(H2,16,17,18,19). The van der Waals surface area contributed by atoms with Gasteiger partial charge in [-0.1, -0.05) is 6.42 Å². The van der Waals surface area contributed by atoms with Gasteiger partial charge in [0.15, 0.2) is 5.82 Å². The third-order valence-electron chi connectivity index (χ3n) is 5.23. The number of hydrogen-bond donors (Lipinski definition) is 3. The number of anilines is 1. The number of carboxylic acids is 1. The van der Waals surface area contributed by atoms with Crippen molar-refractivity contribution < 1.29 is 19.4 Å². The first-order chi connectivity index (χ1) is 10.4. The van der Waals surface area contributed by atoms with Crippen molar-refractivity contribution in [1.29, 1.82) is 0 Å². The third-order valence-corrected chi connectivity index (χ3v) is 5.23. The molecule has 4 unspecified atom stereocenters. The number of aliphatic carboxylic acids is 1. The monoisotopic (exact) mass is 307 g/mol. The van der Waals surface area contributed by atoms with Crippen LogP contribution in [0.2, 0.25) is 0 Å². The van der Waals surface area contributed by atoms with E-state index in [9.17, 15) is 9.59 Å². The van der Waals surface area contributed by atoms with Gasteiger partial charge in [-0.2, -0.15) is 5.10 Å². The SMILES string of the molecule is COC(C)(C(=O)O)C(=O)Nc1cc(C2CC3CCC2C3)[nH]n1. The molecule has 7 nitrogen and oxygen atoms in total. The fourth-order valence-electron chi connectivity index (χ4n) is 3.73. The molecule has 1 aromatic heterocycles. The second kappa shape index (κ2) is 5.39. The number of H-pyrrole nitrogens is 1. The van der Waals surface area contributed by atoms with Crippen molar-refractivity contribution in [2.24, 2.45) is 11.8 Å². The molecule has 2 fully saturated rings. The van der Waals surface area contributed by atoms with Crippen LogP contribution in [0, 0.1) is 11.8 Å². The first-order valence-electron chi connectivity index (χ1n) is 7.59. The zero-order valence-electron chi connectivity index (χ0n) is 12.8. The lowest BCUT2D eigenvalue weighted by Crippen LogP contribution is -2.48. The van der Waals surface area contributed by atoms with Crippen LogP contribution in [-0.2, 0) is 14.3 Å². The molecule has 0 saturated heterocycles. The molecule has 120 valence electrons. The molecule has 2 aliphatic carbocycles. The van der Waals surface area contributed by atoms with Gasteiger partial charge in [-0.3, -0.25) is 9.89 Å². The van der Waals surface area contributed by atoms with E-state index in [2.05, 4.69) is 15.5 Å². The van der Waals surface area contributed by atoms with Gasteiger partial charge in [0.05, 0.1) is 0 Å². The average Bonchev–Trinajstić information content (AvgIpc) is 3.21. The highest BCUT2D eigenvalue weighted by Crippen LogP contribution is 2.52. The number of rotatable bonds is 5. The summed E-state index contributed by atoms with van der Waals surface area (Å²) in [5, 5.41) is 18.7. The summed E-state index contributed by atoms with van der Waals surface area (Å²) in [4.78, 5) is 23.3. The number of nitrogens with zero attached hydrogens (tertiary/aromatic N) is 1. The first kappa shape index (κ1) is 15.0. The molecule has 0 spiro atoms. The van der Waals surface area contributed by atoms with Gasteiger partial charge in [0.2, 0.25) is 5.60 Å². The van der Waals surface area contributed by atoms with E-state index in [0.717, 1.165) is 11.6 Å². The summed E-state index contributed by atoms with van der Waals surface area (Å²) < 4.78 is 4.83. The maximum atomic E-state index is 12.1. The molecule has 7 heteroatoms. The molecular weight excluding hydrogens is 286 g/mol. The fraction of sp³-hybridized carbons (Fsp3) is 0.667. The summed E-state index contributed by atoms with van der Waals surface area (Å²) in [6.45, 7) is 1.22. The minimum atomic E-state index is -1.93. The lowest BCUT2D eigenvalue weighted by molar-refractivity contribution is -0.165. The van der Waals surface area contributed by atoms with E-state index in [1.165, 1.54) is 39.7 Å². The van der Waals surface area contributed by atoms with Crippen LogP contribution in [0.15, 0.2) is 6.07 Å². The van der Waals surface area contributed by atoms with Crippen LogP contribution in [0.1, 0.15) is 44.2 Å². The predicted molar refractivity (Wildman–Crippen MR) is 78.5 cm³/mol. The Labute approximate surface area is 128 Å². The first-order valence-corrected chi connectivity index (χ1v) is 7.59. The summed E-state index contributed by atoms with van der Waals surface area (Å²) in [6.07, 6.45) is 5.04. The average molecular weight is 307 g/mol. The number of aromatic amines is 1. The van der Waals surface area contributed by atoms with Gasteiger partial charge in [-0.05, 0) is 38.0 Å². The largest absolute Gasteiger partial charge is 0.479 e. The highest BCUT2D eigenvalue weighted by Gasteiger charge is 2.43. The van der Waals surface area contributed by atoms with E-state index in [1.54, 1.807) is 6.07 Å². The number of carbonyl (C=O) groups excluding carboxylic acids is 1. The van der Waals surface area contributed by atoms with Crippen molar-refractivity contribution >= 4 is 17.7 Å². The number of fused-ring (bicyclic) bond motifs is 2. The van der Waals surface area contributed by atoms with Crippen LogP contribution in [0.4, 0.5) is 5.82 Å². The van der Waals surface area contributed by atoms with Crippen LogP contribution in [-0.4, -0.2) is 39.9 Å². The Hall–Kier alpha value is -1.89. The van der Waals surface area contributed by atoms with E-state index in [1.807, 2.05) is 0 Å². The summed E-state index contributed by atoms with van der Waals surface area (Å²) in [6, 6.07) is 1.81. The fourth-order valence-corrected chi connectivity index (χ4v) is 3.73. The number of hydrogen-bond acceptors (Lipinski definition) is 4. The van der Waals surface area contributed by atoms with Crippen LogP contribution < -0.4 is 5.32 Å². The maximum absolute atomic E-state index is 12.1. The predicted octanol–water partition coefficient (Wildman–Crippen LogP) is 1.74. The minimum Gasteiger partial charge on any atom is -0.479 e. The molecule has 2 bridgehead atoms. The Kier molecular flexibility index (Phi) is 3.68. The Bertz CT molecular complexity index is 599. The van der Waals surface area contributed by atoms with E-state index in [-0.39, 0.29) is 0 Å². The summed E-state index contributed by atoms with van der Waals surface area (Å²) in [5.74, 6) is 0.264. The Morgan fingerprint density at radius 1 is 1.45 bits per heavy atom. The Morgan fingerprint density at radius 3 is 2.77 bits per heavy atom. The summed E-state index contributed by atoms with van der Waals surface area (Å²) in [5.41, 5.74) is -0.900. The highest BCUT2D eigenvalue weighted by molar-refractivity contribution is 6.10. The molecule has 22 heavy (non-hydrogen) atoms. The normalized spacial score (nSPS) is 29.3. The molecule has 1 heterocycles. The zero-order valence-corrected chi connectivity index (χ0v) is 12.8. The topological polar surface area (TPSA) is 104 Å². The van der Waals surface area contributed by atoms with Crippen LogP contribution in [0.3, 0.4) is 0 Å². The van der Waals surface area contributed by atoms with E-state index < -0.39 is 17.5 Å². The molecule has 3 rings (SSSR count). The third kappa shape index (κ3) is 2.39. The molecule has 3 N–H and O–H groups in total. The maximum Gasteiger partial charge on any atom is 0.345 e.